The number of aromatic nitrogens is 1. The van der Waals surface area contributed by atoms with Crippen LogP contribution in [0, 0.1) is 6.92 Å². The van der Waals surface area contributed by atoms with Crippen molar-refractivity contribution >= 4 is 28.2 Å². The van der Waals surface area contributed by atoms with Crippen molar-refractivity contribution in [3.63, 3.8) is 0 Å². The lowest BCUT2D eigenvalue weighted by molar-refractivity contribution is 0.100. The Hall–Kier alpha value is -3.08. The highest BCUT2D eigenvalue weighted by Gasteiger charge is 2.14. The summed E-state index contributed by atoms with van der Waals surface area (Å²) in [5.41, 5.74) is 8.83. The monoisotopic (exact) mass is 293 g/mol. The van der Waals surface area contributed by atoms with Gasteiger partial charge in [-0.3, -0.25) is 9.78 Å². The van der Waals surface area contributed by atoms with E-state index < -0.39 is 5.91 Å². The van der Waals surface area contributed by atoms with Crippen LogP contribution in [0.2, 0.25) is 0 Å². The van der Waals surface area contributed by atoms with Crippen LogP contribution in [0.15, 0.2) is 48.7 Å². The van der Waals surface area contributed by atoms with Crippen molar-refractivity contribution in [3.05, 3.63) is 59.8 Å². The van der Waals surface area contributed by atoms with E-state index in [-0.39, 0.29) is 5.75 Å². The SMILES string of the molecule is Cc1ccc2ncc(C(N)=O)c(Nc3cccc(O)c3)c2c1. The number of amides is 1. The molecular weight excluding hydrogens is 278 g/mol. The molecule has 0 aliphatic carbocycles. The van der Waals surface area contributed by atoms with Gasteiger partial charge in [-0.25, -0.2) is 0 Å². The van der Waals surface area contributed by atoms with Crippen LogP contribution in [0.25, 0.3) is 10.9 Å². The second kappa shape index (κ2) is 5.37. The summed E-state index contributed by atoms with van der Waals surface area (Å²) in [5, 5.41) is 13.6. The molecule has 3 aromatic rings. The second-order valence-electron chi connectivity index (χ2n) is 5.11. The number of rotatable bonds is 3. The van der Waals surface area contributed by atoms with Gasteiger partial charge in [-0.1, -0.05) is 17.7 Å². The third kappa shape index (κ3) is 2.56. The molecule has 110 valence electrons. The minimum absolute atomic E-state index is 0.139. The van der Waals surface area contributed by atoms with E-state index in [2.05, 4.69) is 10.3 Å². The zero-order valence-corrected chi connectivity index (χ0v) is 12.0. The molecule has 3 rings (SSSR count). The molecule has 0 unspecified atom stereocenters. The molecule has 2 aromatic carbocycles. The first-order valence-electron chi connectivity index (χ1n) is 6.80. The van der Waals surface area contributed by atoms with Gasteiger partial charge in [0.05, 0.1) is 16.8 Å². The molecule has 5 heteroatoms. The highest BCUT2D eigenvalue weighted by molar-refractivity contribution is 6.07. The molecule has 5 nitrogen and oxygen atoms in total. The summed E-state index contributed by atoms with van der Waals surface area (Å²) in [6, 6.07) is 12.5. The zero-order chi connectivity index (χ0) is 15.7. The van der Waals surface area contributed by atoms with Gasteiger partial charge in [0.25, 0.3) is 5.91 Å². The minimum atomic E-state index is -0.557. The lowest BCUT2D eigenvalue weighted by Crippen LogP contribution is -2.14. The smallest absolute Gasteiger partial charge is 0.252 e. The third-order valence-electron chi connectivity index (χ3n) is 3.40. The average molecular weight is 293 g/mol. The van der Waals surface area contributed by atoms with E-state index >= 15 is 0 Å². The number of nitrogens with two attached hydrogens (primary N) is 1. The van der Waals surface area contributed by atoms with E-state index in [9.17, 15) is 9.90 Å². The van der Waals surface area contributed by atoms with Gasteiger partial charge in [0.2, 0.25) is 0 Å². The van der Waals surface area contributed by atoms with Crippen LogP contribution in [-0.2, 0) is 0 Å². The first kappa shape index (κ1) is 13.9. The van der Waals surface area contributed by atoms with Crippen molar-refractivity contribution in [2.24, 2.45) is 5.73 Å². The fraction of sp³-hybridized carbons (Fsp3) is 0.0588. The van der Waals surface area contributed by atoms with Crippen molar-refractivity contribution in [1.82, 2.24) is 4.98 Å². The maximum absolute atomic E-state index is 11.7. The van der Waals surface area contributed by atoms with Crippen LogP contribution in [-0.4, -0.2) is 16.0 Å². The fourth-order valence-corrected chi connectivity index (χ4v) is 2.36. The van der Waals surface area contributed by atoms with Gasteiger partial charge < -0.3 is 16.2 Å². The molecule has 0 aliphatic heterocycles. The van der Waals surface area contributed by atoms with Crippen molar-refractivity contribution in [3.8, 4) is 5.75 Å². The summed E-state index contributed by atoms with van der Waals surface area (Å²) in [6.45, 7) is 1.97. The minimum Gasteiger partial charge on any atom is -0.508 e. The molecule has 0 saturated heterocycles. The lowest BCUT2D eigenvalue weighted by atomic mass is 10.1. The molecule has 22 heavy (non-hydrogen) atoms. The number of carbonyl (C=O) groups excluding carboxylic acids is 1. The maximum Gasteiger partial charge on any atom is 0.252 e. The number of phenolic OH excluding ortho intramolecular Hbond substituents is 1. The van der Waals surface area contributed by atoms with Crippen molar-refractivity contribution < 1.29 is 9.90 Å². The Labute approximate surface area is 127 Å². The van der Waals surface area contributed by atoms with Crippen LogP contribution < -0.4 is 11.1 Å². The number of hydrogen-bond donors (Lipinski definition) is 3. The second-order valence-corrected chi connectivity index (χ2v) is 5.11. The summed E-state index contributed by atoms with van der Waals surface area (Å²) >= 11 is 0. The normalized spacial score (nSPS) is 10.6. The number of anilines is 2. The summed E-state index contributed by atoms with van der Waals surface area (Å²) < 4.78 is 0. The van der Waals surface area contributed by atoms with Gasteiger partial charge in [0.1, 0.15) is 5.75 Å². The molecule has 1 aromatic heterocycles. The van der Waals surface area contributed by atoms with E-state index in [0.717, 1.165) is 16.5 Å². The largest absolute Gasteiger partial charge is 0.508 e. The summed E-state index contributed by atoms with van der Waals surface area (Å²) in [7, 11) is 0. The predicted molar refractivity (Wildman–Crippen MR) is 86.4 cm³/mol. The molecule has 1 amide bonds. The zero-order valence-electron chi connectivity index (χ0n) is 12.0. The number of hydrogen-bond acceptors (Lipinski definition) is 4. The van der Waals surface area contributed by atoms with Crippen LogP contribution in [0.3, 0.4) is 0 Å². The van der Waals surface area contributed by atoms with Crippen LogP contribution >= 0.6 is 0 Å². The topological polar surface area (TPSA) is 88.2 Å². The standard InChI is InChI=1S/C17H15N3O2/c1-10-5-6-15-13(7-10)16(14(9-19-15)17(18)22)20-11-3-2-4-12(21)8-11/h2-9,21H,1H3,(H2,18,22)(H,19,20). The number of aryl methyl sites for hydroxylation is 1. The number of phenols is 1. The molecule has 0 radical (unpaired) electrons. The quantitative estimate of drug-likeness (QED) is 0.692. The number of fused-ring (bicyclic) bond motifs is 1. The molecule has 0 fully saturated rings. The Bertz CT molecular complexity index is 875. The molecule has 0 aliphatic rings. The summed E-state index contributed by atoms with van der Waals surface area (Å²) in [4.78, 5) is 16.0. The van der Waals surface area contributed by atoms with E-state index in [1.807, 2.05) is 25.1 Å². The van der Waals surface area contributed by atoms with E-state index in [4.69, 9.17) is 5.73 Å². The van der Waals surface area contributed by atoms with Gasteiger partial charge in [-0.15, -0.1) is 0 Å². The Morgan fingerprint density at radius 2 is 2.05 bits per heavy atom. The van der Waals surface area contributed by atoms with Crippen molar-refractivity contribution in [2.45, 2.75) is 6.92 Å². The molecule has 0 spiro atoms. The number of benzene rings is 2. The number of pyridine rings is 1. The van der Waals surface area contributed by atoms with Crippen molar-refractivity contribution in [1.29, 1.82) is 0 Å². The maximum atomic E-state index is 11.7. The van der Waals surface area contributed by atoms with E-state index in [1.54, 1.807) is 24.3 Å². The Balaban J connectivity index is 2.22. The Kier molecular flexibility index (Phi) is 3.39. The Morgan fingerprint density at radius 1 is 1.23 bits per heavy atom. The molecule has 0 bridgehead atoms. The number of nitrogens with one attached hydrogen (secondary N) is 1. The van der Waals surface area contributed by atoms with Gasteiger partial charge in [0, 0.05) is 23.3 Å². The highest BCUT2D eigenvalue weighted by atomic mass is 16.3. The summed E-state index contributed by atoms with van der Waals surface area (Å²) in [5.74, 6) is -0.418. The molecule has 0 atom stereocenters. The van der Waals surface area contributed by atoms with Gasteiger partial charge in [0.15, 0.2) is 0 Å². The lowest BCUT2D eigenvalue weighted by Gasteiger charge is -2.13. The van der Waals surface area contributed by atoms with Crippen LogP contribution in [0.4, 0.5) is 11.4 Å². The van der Waals surface area contributed by atoms with E-state index in [1.165, 1.54) is 6.20 Å². The number of primary amides is 1. The number of carbonyl (C=O) groups is 1. The molecular formula is C17H15N3O2. The summed E-state index contributed by atoms with van der Waals surface area (Å²) in [6.07, 6.45) is 1.46. The number of nitrogens with zero attached hydrogens (tertiary/aromatic N) is 1. The molecule has 0 saturated carbocycles. The fourth-order valence-electron chi connectivity index (χ4n) is 2.36. The first-order valence-corrected chi connectivity index (χ1v) is 6.80. The molecule has 4 N–H and O–H groups in total. The van der Waals surface area contributed by atoms with E-state index in [0.29, 0.717) is 16.9 Å². The predicted octanol–water partition coefficient (Wildman–Crippen LogP) is 3.09. The van der Waals surface area contributed by atoms with Crippen LogP contribution in [0.1, 0.15) is 15.9 Å². The highest BCUT2D eigenvalue weighted by Crippen LogP contribution is 2.30. The first-order chi connectivity index (χ1) is 10.5. The average Bonchev–Trinajstić information content (AvgIpc) is 2.47. The van der Waals surface area contributed by atoms with Gasteiger partial charge >= 0.3 is 0 Å². The van der Waals surface area contributed by atoms with Gasteiger partial charge in [-0.05, 0) is 31.2 Å². The Morgan fingerprint density at radius 3 is 2.77 bits per heavy atom. The van der Waals surface area contributed by atoms with Crippen molar-refractivity contribution in [2.75, 3.05) is 5.32 Å². The third-order valence-corrected chi connectivity index (χ3v) is 3.40. The van der Waals surface area contributed by atoms with Gasteiger partial charge in [-0.2, -0.15) is 0 Å². The number of aromatic hydroxyl groups is 1. The van der Waals surface area contributed by atoms with Crippen LogP contribution in [0.5, 0.6) is 5.75 Å². The molecule has 1 heterocycles.